The Morgan fingerprint density at radius 3 is 2.38 bits per heavy atom. The van der Waals surface area contributed by atoms with E-state index in [1.165, 1.54) is 5.56 Å². The van der Waals surface area contributed by atoms with Gasteiger partial charge in [-0.25, -0.2) is 0 Å². The van der Waals surface area contributed by atoms with Crippen molar-refractivity contribution in [3.05, 3.63) is 59.7 Å². The highest BCUT2D eigenvalue weighted by molar-refractivity contribution is 6.07. The lowest BCUT2D eigenvalue weighted by atomic mass is 9.87. The monoisotopic (exact) mass is 351 g/mol. The lowest BCUT2D eigenvalue weighted by Gasteiger charge is -2.25. The maximum Gasteiger partial charge on any atom is 0.258 e. The van der Waals surface area contributed by atoms with E-state index in [2.05, 4.69) is 11.4 Å². The van der Waals surface area contributed by atoms with E-state index in [4.69, 9.17) is 5.73 Å². The predicted molar refractivity (Wildman–Crippen MR) is 104 cm³/mol. The second-order valence-corrected chi connectivity index (χ2v) is 7.75. The third-order valence-corrected chi connectivity index (χ3v) is 4.75. The fourth-order valence-corrected chi connectivity index (χ4v) is 3.01. The molecule has 1 heterocycles. The summed E-state index contributed by atoms with van der Waals surface area (Å²) in [7, 11) is 0. The van der Waals surface area contributed by atoms with Gasteiger partial charge in [0.1, 0.15) is 0 Å². The first-order valence-corrected chi connectivity index (χ1v) is 8.83. The molecule has 5 heteroatoms. The lowest BCUT2D eigenvalue weighted by Crippen LogP contribution is -2.45. The molecule has 3 rings (SSSR count). The summed E-state index contributed by atoms with van der Waals surface area (Å²) < 4.78 is 0. The first-order valence-electron chi connectivity index (χ1n) is 8.83. The van der Waals surface area contributed by atoms with Crippen LogP contribution in [-0.2, 0) is 11.2 Å². The number of nitrogens with two attached hydrogens (primary N) is 1. The van der Waals surface area contributed by atoms with Gasteiger partial charge in [0.15, 0.2) is 0 Å². The Balaban J connectivity index is 1.70. The van der Waals surface area contributed by atoms with Crippen molar-refractivity contribution >= 4 is 23.2 Å². The molecule has 136 valence electrons. The molecular weight excluding hydrogens is 326 g/mol. The van der Waals surface area contributed by atoms with Crippen molar-refractivity contribution in [2.45, 2.75) is 33.2 Å². The molecule has 1 atom stereocenters. The van der Waals surface area contributed by atoms with E-state index >= 15 is 0 Å². The Labute approximate surface area is 154 Å². The minimum atomic E-state index is -0.607. The van der Waals surface area contributed by atoms with E-state index < -0.39 is 6.04 Å². The van der Waals surface area contributed by atoms with Gasteiger partial charge >= 0.3 is 0 Å². The molecule has 3 N–H and O–H groups in total. The molecule has 0 saturated carbocycles. The topological polar surface area (TPSA) is 75.4 Å². The second kappa shape index (κ2) is 6.92. The van der Waals surface area contributed by atoms with Crippen LogP contribution in [0.2, 0.25) is 0 Å². The number of rotatable bonds is 3. The van der Waals surface area contributed by atoms with E-state index in [-0.39, 0.29) is 17.2 Å². The standard InChI is InChI=1S/C21H25N3O2/c1-21(2,3)18(22)19(25)23-16-10-8-15(9-11-16)20(26)24-13-12-14-6-4-5-7-17(14)24/h4-11,18H,12-13,22H2,1-3H3,(H,23,25)/t18-/m1/s1. The molecule has 2 amide bonds. The van der Waals surface area contributed by atoms with E-state index in [0.717, 1.165) is 12.1 Å². The Morgan fingerprint density at radius 1 is 1.08 bits per heavy atom. The summed E-state index contributed by atoms with van der Waals surface area (Å²) in [6.07, 6.45) is 0.876. The molecule has 2 aromatic carbocycles. The molecule has 0 fully saturated rings. The number of amides is 2. The van der Waals surface area contributed by atoms with Gasteiger partial charge in [0, 0.05) is 23.5 Å². The van der Waals surface area contributed by atoms with Gasteiger partial charge in [-0.3, -0.25) is 9.59 Å². The van der Waals surface area contributed by atoms with Crippen LogP contribution in [-0.4, -0.2) is 24.4 Å². The van der Waals surface area contributed by atoms with Crippen molar-refractivity contribution < 1.29 is 9.59 Å². The van der Waals surface area contributed by atoms with Crippen molar-refractivity contribution in [3.63, 3.8) is 0 Å². The van der Waals surface area contributed by atoms with E-state index in [0.29, 0.717) is 17.8 Å². The number of nitrogens with one attached hydrogen (secondary N) is 1. The fourth-order valence-electron chi connectivity index (χ4n) is 3.01. The van der Waals surface area contributed by atoms with Crippen molar-refractivity contribution in [1.82, 2.24) is 0 Å². The van der Waals surface area contributed by atoms with Crippen LogP contribution in [0.5, 0.6) is 0 Å². The molecule has 0 spiro atoms. The van der Waals surface area contributed by atoms with Crippen molar-refractivity contribution in [3.8, 4) is 0 Å². The average Bonchev–Trinajstić information content (AvgIpc) is 3.04. The number of nitrogens with zero attached hydrogens (tertiary/aromatic N) is 1. The van der Waals surface area contributed by atoms with Crippen molar-refractivity contribution in [2.75, 3.05) is 16.8 Å². The molecule has 2 aromatic rings. The first kappa shape index (κ1) is 18.1. The minimum Gasteiger partial charge on any atom is -0.325 e. The third kappa shape index (κ3) is 3.63. The smallest absolute Gasteiger partial charge is 0.258 e. The fraction of sp³-hybridized carbons (Fsp3) is 0.333. The minimum absolute atomic E-state index is 0.0285. The Kier molecular flexibility index (Phi) is 4.83. The zero-order valence-electron chi connectivity index (χ0n) is 15.5. The van der Waals surface area contributed by atoms with E-state index in [1.807, 2.05) is 39.0 Å². The molecule has 0 aromatic heterocycles. The maximum atomic E-state index is 12.8. The van der Waals surface area contributed by atoms with Crippen LogP contribution in [0.3, 0.4) is 0 Å². The van der Waals surface area contributed by atoms with Crippen LogP contribution in [0.15, 0.2) is 48.5 Å². The molecule has 1 aliphatic rings. The van der Waals surface area contributed by atoms with Gasteiger partial charge in [-0.15, -0.1) is 0 Å². The molecule has 0 saturated heterocycles. The Morgan fingerprint density at radius 2 is 1.73 bits per heavy atom. The number of carbonyl (C=O) groups excluding carboxylic acids is 2. The summed E-state index contributed by atoms with van der Waals surface area (Å²) in [6.45, 7) is 6.46. The molecule has 26 heavy (non-hydrogen) atoms. The van der Waals surface area contributed by atoms with Crippen LogP contribution in [0.1, 0.15) is 36.7 Å². The first-order chi connectivity index (χ1) is 12.3. The van der Waals surface area contributed by atoms with Gasteiger partial charge < -0.3 is 16.0 Å². The number of hydrogen-bond acceptors (Lipinski definition) is 3. The van der Waals surface area contributed by atoms with Gasteiger partial charge in [-0.1, -0.05) is 39.0 Å². The van der Waals surface area contributed by atoms with Crippen LogP contribution < -0.4 is 16.0 Å². The normalized spacial score (nSPS) is 14.7. The van der Waals surface area contributed by atoms with E-state index in [1.54, 1.807) is 29.2 Å². The molecule has 0 bridgehead atoms. The van der Waals surface area contributed by atoms with Crippen molar-refractivity contribution in [1.29, 1.82) is 0 Å². The molecule has 1 aliphatic heterocycles. The van der Waals surface area contributed by atoms with Gasteiger partial charge in [0.2, 0.25) is 5.91 Å². The quantitative estimate of drug-likeness (QED) is 0.892. The molecule has 0 radical (unpaired) electrons. The summed E-state index contributed by atoms with van der Waals surface area (Å²) >= 11 is 0. The lowest BCUT2D eigenvalue weighted by molar-refractivity contribution is -0.119. The van der Waals surface area contributed by atoms with Crippen molar-refractivity contribution in [2.24, 2.45) is 11.1 Å². The molecule has 0 aliphatic carbocycles. The van der Waals surface area contributed by atoms with Gasteiger partial charge in [0.25, 0.3) is 5.91 Å². The van der Waals surface area contributed by atoms with Gasteiger partial charge in [-0.2, -0.15) is 0 Å². The summed E-state index contributed by atoms with van der Waals surface area (Å²) in [6, 6.07) is 14.3. The summed E-state index contributed by atoms with van der Waals surface area (Å²) in [5.74, 6) is -0.260. The number of benzene rings is 2. The third-order valence-electron chi connectivity index (χ3n) is 4.75. The van der Waals surface area contributed by atoms with Crippen LogP contribution in [0.4, 0.5) is 11.4 Å². The molecule has 0 unspecified atom stereocenters. The van der Waals surface area contributed by atoms with Gasteiger partial charge in [-0.05, 0) is 47.7 Å². The number of carbonyl (C=O) groups is 2. The summed E-state index contributed by atoms with van der Waals surface area (Å²) in [5.41, 5.74) is 9.06. The molecular formula is C21H25N3O2. The number of anilines is 2. The van der Waals surface area contributed by atoms with Crippen LogP contribution in [0, 0.1) is 5.41 Å². The highest BCUT2D eigenvalue weighted by Crippen LogP contribution is 2.29. The average molecular weight is 351 g/mol. The zero-order chi connectivity index (χ0) is 18.9. The summed E-state index contributed by atoms with van der Waals surface area (Å²) in [4.78, 5) is 26.8. The zero-order valence-corrected chi connectivity index (χ0v) is 15.5. The Bertz CT molecular complexity index is 822. The predicted octanol–water partition coefficient (Wildman–Crippen LogP) is 3.20. The van der Waals surface area contributed by atoms with Crippen LogP contribution in [0.25, 0.3) is 0 Å². The SMILES string of the molecule is CC(C)(C)[C@H](N)C(=O)Nc1ccc(C(=O)N2CCc3ccccc32)cc1. The summed E-state index contributed by atoms with van der Waals surface area (Å²) in [5, 5.41) is 2.81. The molecule has 5 nitrogen and oxygen atoms in total. The van der Waals surface area contributed by atoms with Crippen LogP contribution >= 0.6 is 0 Å². The highest BCUT2D eigenvalue weighted by atomic mass is 16.2. The van der Waals surface area contributed by atoms with Gasteiger partial charge in [0.05, 0.1) is 6.04 Å². The number of fused-ring (bicyclic) bond motifs is 1. The number of para-hydroxylation sites is 1. The second-order valence-electron chi connectivity index (χ2n) is 7.75. The van der Waals surface area contributed by atoms with E-state index in [9.17, 15) is 9.59 Å². The number of hydrogen-bond donors (Lipinski definition) is 2. The highest BCUT2D eigenvalue weighted by Gasteiger charge is 2.28. The maximum absolute atomic E-state index is 12.8. The largest absolute Gasteiger partial charge is 0.325 e. The Hall–Kier alpha value is -2.66.